The molecule has 0 radical (unpaired) electrons. The molecule has 3 aromatic rings. The Labute approximate surface area is 198 Å². The summed E-state index contributed by atoms with van der Waals surface area (Å²) in [6, 6.07) is 27.3. The molecule has 2 heterocycles. The van der Waals surface area contributed by atoms with Crippen LogP contribution in [-0.4, -0.2) is 35.7 Å². The van der Waals surface area contributed by atoms with Gasteiger partial charge in [-0.25, -0.2) is 0 Å². The SMILES string of the molecule is Oc1ccc2c(c1)[C@]1(CCCCCc3ccccc3)CCN(CCc3ccccc3)C[C@@H]1O2. The van der Waals surface area contributed by atoms with Crippen molar-refractivity contribution in [1.82, 2.24) is 4.90 Å². The van der Waals surface area contributed by atoms with Crippen LogP contribution in [0.2, 0.25) is 0 Å². The number of ether oxygens (including phenoxy) is 1. The van der Waals surface area contributed by atoms with Crippen molar-refractivity contribution in [2.45, 2.75) is 56.5 Å². The molecule has 0 aliphatic carbocycles. The highest BCUT2D eigenvalue weighted by molar-refractivity contribution is 5.49. The number of aryl methyl sites for hydroxylation is 1. The minimum absolute atomic E-state index is 0.0318. The Bertz CT molecular complexity index is 1030. The van der Waals surface area contributed by atoms with Crippen molar-refractivity contribution < 1.29 is 9.84 Å². The molecule has 5 rings (SSSR count). The first kappa shape index (κ1) is 22.0. The molecule has 33 heavy (non-hydrogen) atoms. The highest BCUT2D eigenvalue weighted by atomic mass is 16.5. The Hall–Kier alpha value is -2.78. The maximum absolute atomic E-state index is 10.2. The van der Waals surface area contributed by atoms with Gasteiger partial charge in [-0.3, -0.25) is 4.90 Å². The van der Waals surface area contributed by atoms with Crippen LogP contribution in [0.25, 0.3) is 0 Å². The van der Waals surface area contributed by atoms with E-state index in [2.05, 4.69) is 65.6 Å². The van der Waals surface area contributed by atoms with Gasteiger partial charge in [0.25, 0.3) is 0 Å². The summed E-state index contributed by atoms with van der Waals surface area (Å²) >= 11 is 0. The van der Waals surface area contributed by atoms with Crippen molar-refractivity contribution in [1.29, 1.82) is 0 Å². The number of nitrogens with zero attached hydrogens (tertiary/aromatic N) is 1. The second kappa shape index (κ2) is 10.0. The molecule has 3 aromatic carbocycles. The van der Waals surface area contributed by atoms with E-state index in [0.29, 0.717) is 5.75 Å². The molecular weight excluding hydrogens is 406 g/mol. The second-order valence-corrected chi connectivity index (χ2v) is 9.78. The molecule has 172 valence electrons. The van der Waals surface area contributed by atoms with Crippen molar-refractivity contribution >= 4 is 0 Å². The lowest BCUT2D eigenvalue weighted by atomic mass is 9.68. The average Bonchev–Trinajstić information content (AvgIpc) is 3.17. The Morgan fingerprint density at radius 3 is 2.33 bits per heavy atom. The number of piperidine rings is 1. The molecule has 0 spiro atoms. The van der Waals surface area contributed by atoms with E-state index in [1.54, 1.807) is 6.07 Å². The summed E-state index contributed by atoms with van der Waals surface area (Å²) in [6.07, 6.45) is 8.29. The third-order valence-corrected chi connectivity index (χ3v) is 7.67. The van der Waals surface area contributed by atoms with E-state index in [1.165, 1.54) is 36.0 Å². The summed E-state index contributed by atoms with van der Waals surface area (Å²) in [7, 11) is 0. The fourth-order valence-electron chi connectivity index (χ4n) is 5.79. The van der Waals surface area contributed by atoms with Crippen molar-refractivity contribution in [3.63, 3.8) is 0 Å². The number of aromatic hydroxyl groups is 1. The van der Waals surface area contributed by atoms with Crippen molar-refractivity contribution in [2.75, 3.05) is 19.6 Å². The van der Waals surface area contributed by atoms with E-state index in [9.17, 15) is 5.11 Å². The van der Waals surface area contributed by atoms with Gasteiger partial charge in [-0.15, -0.1) is 0 Å². The number of likely N-dealkylation sites (tertiary alicyclic amines) is 1. The standard InChI is InChI=1S/C30H35NO2/c32-26-15-16-28-27(22-26)30(18-9-3-8-12-24-10-4-1-5-11-24)19-21-31(23-29(30)33-28)20-17-25-13-6-2-7-14-25/h1-2,4-7,10-11,13-16,22,29,32H,3,8-9,12,17-21,23H2/t29-,30-/m0/s1. The van der Waals surface area contributed by atoms with E-state index < -0.39 is 0 Å². The maximum Gasteiger partial charge on any atom is 0.124 e. The first-order valence-corrected chi connectivity index (χ1v) is 12.5. The summed E-state index contributed by atoms with van der Waals surface area (Å²) < 4.78 is 6.53. The third-order valence-electron chi connectivity index (χ3n) is 7.67. The average molecular weight is 442 g/mol. The van der Waals surface area contributed by atoms with Crippen molar-refractivity contribution in [2.24, 2.45) is 0 Å². The molecule has 2 aliphatic rings. The molecule has 1 saturated heterocycles. The molecule has 3 nitrogen and oxygen atoms in total. The van der Waals surface area contributed by atoms with Crippen LogP contribution in [0.4, 0.5) is 0 Å². The van der Waals surface area contributed by atoms with Gasteiger partial charge in [-0.2, -0.15) is 0 Å². The molecule has 0 bridgehead atoms. The molecule has 0 unspecified atom stereocenters. The van der Waals surface area contributed by atoms with Crippen LogP contribution in [0.3, 0.4) is 0 Å². The lowest BCUT2D eigenvalue weighted by Gasteiger charge is -2.43. The lowest BCUT2D eigenvalue weighted by molar-refractivity contribution is 0.0374. The predicted octanol–water partition coefficient (Wildman–Crippen LogP) is 6.14. The zero-order valence-electron chi connectivity index (χ0n) is 19.5. The van der Waals surface area contributed by atoms with Gasteiger partial charge in [0, 0.05) is 24.1 Å². The van der Waals surface area contributed by atoms with Crippen LogP contribution in [-0.2, 0) is 18.3 Å². The number of fused-ring (bicyclic) bond motifs is 3. The van der Waals surface area contributed by atoms with Gasteiger partial charge in [0.2, 0.25) is 0 Å². The van der Waals surface area contributed by atoms with E-state index >= 15 is 0 Å². The van der Waals surface area contributed by atoms with Crippen LogP contribution in [0.5, 0.6) is 11.5 Å². The van der Waals surface area contributed by atoms with Gasteiger partial charge < -0.3 is 9.84 Å². The van der Waals surface area contributed by atoms with E-state index in [-0.39, 0.29) is 11.5 Å². The van der Waals surface area contributed by atoms with Gasteiger partial charge in [0.1, 0.15) is 17.6 Å². The number of hydrogen-bond donors (Lipinski definition) is 1. The number of hydrogen-bond acceptors (Lipinski definition) is 3. The van der Waals surface area contributed by atoms with Gasteiger partial charge in [0.15, 0.2) is 0 Å². The fourth-order valence-corrected chi connectivity index (χ4v) is 5.79. The van der Waals surface area contributed by atoms with E-state index in [4.69, 9.17) is 4.74 Å². The smallest absolute Gasteiger partial charge is 0.124 e. The zero-order valence-corrected chi connectivity index (χ0v) is 19.5. The summed E-state index contributed by atoms with van der Waals surface area (Å²) in [4.78, 5) is 2.57. The summed E-state index contributed by atoms with van der Waals surface area (Å²) in [6.45, 7) is 3.12. The Morgan fingerprint density at radius 1 is 0.848 bits per heavy atom. The van der Waals surface area contributed by atoms with Crippen LogP contribution in [0.15, 0.2) is 78.9 Å². The zero-order chi connectivity index (χ0) is 22.5. The number of rotatable bonds is 9. The largest absolute Gasteiger partial charge is 0.508 e. The normalized spacial score (nSPS) is 21.9. The number of benzene rings is 3. The molecule has 1 fully saturated rings. The van der Waals surface area contributed by atoms with Gasteiger partial charge in [-0.05, 0) is 68.0 Å². The van der Waals surface area contributed by atoms with E-state index in [1.807, 2.05) is 12.1 Å². The van der Waals surface area contributed by atoms with Gasteiger partial charge in [0.05, 0.1) is 0 Å². The molecule has 2 aliphatic heterocycles. The van der Waals surface area contributed by atoms with Crippen LogP contribution in [0.1, 0.15) is 48.8 Å². The summed E-state index contributed by atoms with van der Waals surface area (Å²) in [5.74, 6) is 1.33. The number of phenolic OH excluding ortho intramolecular Hbond substituents is 1. The first-order chi connectivity index (χ1) is 16.2. The third kappa shape index (κ3) is 4.94. The lowest BCUT2D eigenvalue weighted by Crippen LogP contribution is -2.53. The molecule has 0 saturated carbocycles. The highest BCUT2D eigenvalue weighted by Gasteiger charge is 2.51. The summed E-state index contributed by atoms with van der Waals surface area (Å²) in [5, 5.41) is 10.2. The van der Waals surface area contributed by atoms with Gasteiger partial charge in [-0.1, -0.05) is 73.5 Å². The number of phenols is 1. The quantitative estimate of drug-likeness (QED) is 0.405. The van der Waals surface area contributed by atoms with Crippen molar-refractivity contribution in [3.8, 4) is 11.5 Å². The van der Waals surface area contributed by atoms with E-state index in [0.717, 1.165) is 51.1 Å². The molecular formula is C30H35NO2. The minimum Gasteiger partial charge on any atom is -0.508 e. The Balaban J connectivity index is 1.22. The maximum atomic E-state index is 10.2. The topological polar surface area (TPSA) is 32.7 Å². The highest BCUT2D eigenvalue weighted by Crippen LogP contribution is 2.51. The van der Waals surface area contributed by atoms with Crippen LogP contribution >= 0.6 is 0 Å². The molecule has 1 N–H and O–H groups in total. The molecule has 0 aromatic heterocycles. The first-order valence-electron chi connectivity index (χ1n) is 12.5. The van der Waals surface area contributed by atoms with Crippen molar-refractivity contribution in [3.05, 3.63) is 95.6 Å². The second-order valence-electron chi connectivity index (χ2n) is 9.78. The molecule has 0 amide bonds. The fraction of sp³-hybridized carbons (Fsp3) is 0.400. The number of unbranched alkanes of at least 4 members (excludes halogenated alkanes) is 2. The monoisotopic (exact) mass is 441 g/mol. The minimum atomic E-state index is 0.0318. The Morgan fingerprint density at radius 2 is 1.58 bits per heavy atom. The Kier molecular flexibility index (Phi) is 6.68. The predicted molar refractivity (Wildman–Crippen MR) is 134 cm³/mol. The van der Waals surface area contributed by atoms with Crippen LogP contribution < -0.4 is 4.74 Å². The molecule has 3 heteroatoms. The van der Waals surface area contributed by atoms with Crippen LogP contribution in [0, 0.1) is 0 Å². The molecule has 2 atom stereocenters. The van der Waals surface area contributed by atoms with Gasteiger partial charge >= 0.3 is 0 Å². The summed E-state index contributed by atoms with van der Waals surface area (Å²) in [5.41, 5.74) is 4.09.